The highest BCUT2D eigenvalue weighted by molar-refractivity contribution is 6.07. The van der Waals surface area contributed by atoms with Crippen molar-refractivity contribution in [3.05, 3.63) is 198 Å². The van der Waals surface area contributed by atoms with E-state index >= 15 is 0 Å². The van der Waals surface area contributed by atoms with Crippen LogP contribution < -0.4 is 9.64 Å². The summed E-state index contributed by atoms with van der Waals surface area (Å²) in [6.07, 6.45) is 0. The van der Waals surface area contributed by atoms with Crippen LogP contribution in [0.4, 0.5) is 17.1 Å². The molecule has 2 heterocycles. The van der Waals surface area contributed by atoms with Crippen LogP contribution in [0.15, 0.2) is 180 Å². The van der Waals surface area contributed by atoms with Gasteiger partial charge < -0.3 is 14.1 Å². The quantitative estimate of drug-likeness (QED) is 0.192. The molecule has 50 heavy (non-hydrogen) atoms. The summed E-state index contributed by atoms with van der Waals surface area (Å²) in [4.78, 5) is 2.37. The average Bonchev–Trinajstić information content (AvgIpc) is 3.69. The minimum Gasteiger partial charge on any atom is -0.457 e. The molecule has 1 aromatic heterocycles. The Hall–Kier alpha value is -6.58. The van der Waals surface area contributed by atoms with E-state index in [1.807, 2.05) is 12.1 Å². The highest BCUT2D eigenvalue weighted by Gasteiger charge is 2.52. The van der Waals surface area contributed by atoms with Gasteiger partial charge in [-0.2, -0.15) is 0 Å². The number of fused-ring (bicyclic) bond motifs is 14. The molecule has 11 rings (SSSR count). The van der Waals surface area contributed by atoms with E-state index < -0.39 is 5.41 Å². The molecular weight excluding hydrogens is 611 g/mol. The highest BCUT2D eigenvalue weighted by Crippen LogP contribution is 2.64. The summed E-state index contributed by atoms with van der Waals surface area (Å²) < 4.78 is 13.0. The third-order valence-corrected chi connectivity index (χ3v) is 10.7. The van der Waals surface area contributed by atoms with E-state index in [1.54, 1.807) is 0 Å². The lowest BCUT2D eigenvalue weighted by Gasteiger charge is -2.40. The number of hydrogen-bond acceptors (Lipinski definition) is 3. The fraction of sp³-hybridized carbons (Fsp3) is 0.0213. The average molecular weight is 640 g/mol. The monoisotopic (exact) mass is 639 g/mol. The zero-order valence-electron chi connectivity index (χ0n) is 27.0. The fourth-order valence-electron chi connectivity index (χ4n) is 8.69. The molecule has 1 aliphatic carbocycles. The van der Waals surface area contributed by atoms with Crippen molar-refractivity contribution < 1.29 is 9.15 Å². The molecule has 9 aromatic rings. The van der Waals surface area contributed by atoms with Crippen molar-refractivity contribution in [2.24, 2.45) is 0 Å². The Morgan fingerprint density at radius 1 is 0.400 bits per heavy atom. The first-order chi connectivity index (χ1) is 24.8. The molecule has 3 nitrogen and oxygen atoms in total. The van der Waals surface area contributed by atoms with E-state index in [9.17, 15) is 0 Å². The van der Waals surface area contributed by atoms with Gasteiger partial charge in [0.1, 0.15) is 22.7 Å². The minimum absolute atomic E-state index is 0.597. The molecule has 0 saturated carbocycles. The SMILES string of the molecule is c1ccc(N(c2ccc3c(c2)C2(c4ccccc4Oc4ccc5ccccc5c42)c2ccccc2-3)c2ccc3oc4ccccc4c3c2)cc1. The van der Waals surface area contributed by atoms with E-state index in [4.69, 9.17) is 9.15 Å². The Kier molecular flexibility index (Phi) is 5.59. The number of ether oxygens (including phenoxy) is 1. The van der Waals surface area contributed by atoms with Crippen LogP contribution in [-0.4, -0.2) is 0 Å². The highest BCUT2D eigenvalue weighted by atomic mass is 16.5. The predicted molar refractivity (Wildman–Crippen MR) is 203 cm³/mol. The van der Waals surface area contributed by atoms with Crippen molar-refractivity contribution >= 4 is 49.8 Å². The molecular formula is C47H29NO2. The third kappa shape index (κ3) is 3.64. The van der Waals surface area contributed by atoms with Gasteiger partial charge in [-0.05, 0) is 93.7 Å². The molecule has 2 aliphatic rings. The summed E-state index contributed by atoms with van der Waals surface area (Å²) in [5, 5.41) is 4.61. The molecule has 0 fully saturated rings. The smallest absolute Gasteiger partial charge is 0.135 e. The Bertz CT molecular complexity index is 2810. The van der Waals surface area contributed by atoms with Crippen molar-refractivity contribution in [2.75, 3.05) is 4.90 Å². The molecule has 0 radical (unpaired) electrons. The summed E-state index contributed by atoms with van der Waals surface area (Å²) in [5.41, 5.74) is 11.8. The molecule has 1 atom stereocenters. The Morgan fingerprint density at radius 2 is 1.08 bits per heavy atom. The Labute approximate surface area is 289 Å². The minimum atomic E-state index is -0.597. The molecule has 0 N–H and O–H groups in total. The summed E-state index contributed by atoms with van der Waals surface area (Å²) in [5.74, 6) is 1.79. The van der Waals surface area contributed by atoms with Crippen molar-refractivity contribution in [2.45, 2.75) is 5.41 Å². The van der Waals surface area contributed by atoms with Gasteiger partial charge in [0, 0.05) is 39.0 Å². The van der Waals surface area contributed by atoms with Crippen LogP contribution >= 0.6 is 0 Å². The van der Waals surface area contributed by atoms with E-state index in [0.29, 0.717) is 0 Å². The van der Waals surface area contributed by atoms with Crippen molar-refractivity contribution in [3.63, 3.8) is 0 Å². The zero-order valence-corrected chi connectivity index (χ0v) is 27.0. The topological polar surface area (TPSA) is 25.6 Å². The standard InChI is InChI=1S/C47H29NO2/c1-2-13-31(14-3-1)48(32-24-27-43-38(28-32)37-17-7-10-20-42(37)49-43)33-23-25-36-35-16-6-8-18-39(35)47(41(36)29-33)40-19-9-11-21-44(40)50-45-26-22-30-12-4-5-15-34(30)46(45)47/h1-29H. The lowest BCUT2D eigenvalue weighted by molar-refractivity contribution is 0.438. The third-order valence-electron chi connectivity index (χ3n) is 10.7. The lowest BCUT2D eigenvalue weighted by atomic mass is 9.65. The zero-order chi connectivity index (χ0) is 32.8. The first-order valence-electron chi connectivity index (χ1n) is 17.1. The normalized spacial score (nSPS) is 15.4. The Morgan fingerprint density at radius 3 is 2.00 bits per heavy atom. The van der Waals surface area contributed by atoms with Gasteiger partial charge in [0.05, 0.1) is 5.41 Å². The van der Waals surface area contributed by atoms with E-state index in [1.165, 1.54) is 38.6 Å². The van der Waals surface area contributed by atoms with E-state index in [2.05, 4.69) is 169 Å². The molecule has 1 unspecified atom stereocenters. The predicted octanol–water partition coefficient (Wildman–Crippen LogP) is 12.7. The van der Waals surface area contributed by atoms with Crippen LogP contribution in [0.5, 0.6) is 11.5 Å². The van der Waals surface area contributed by atoms with Crippen LogP contribution in [-0.2, 0) is 5.41 Å². The first kappa shape index (κ1) is 27.4. The molecule has 3 heteroatoms. The van der Waals surface area contributed by atoms with E-state index in [-0.39, 0.29) is 0 Å². The number of rotatable bonds is 3. The number of nitrogens with zero attached hydrogens (tertiary/aromatic N) is 1. The molecule has 1 spiro atoms. The van der Waals surface area contributed by atoms with Gasteiger partial charge in [0.15, 0.2) is 0 Å². The van der Waals surface area contributed by atoms with E-state index in [0.717, 1.165) is 56.1 Å². The van der Waals surface area contributed by atoms with Crippen LogP contribution in [0, 0.1) is 0 Å². The molecule has 0 saturated heterocycles. The van der Waals surface area contributed by atoms with Gasteiger partial charge in [-0.25, -0.2) is 0 Å². The number of anilines is 3. The maximum absolute atomic E-state index is 6.77. The molecule has 8 aromatic carbocycles. The molecule has 234 valence electrons. The number of furan rings is 1. The second-order valence-corrected chi connectivity index (χ2v) is 13.2. The lowest BCUT2D eigenvalue weighted by Crippen LogP contribution is -2.32. The number of hydrogen-bond donors (Lipinski definition) is 0. The molecule has 0 bridgehead atoms. The maximum Gasteiger partial charge on any atom is 0.135 e. The van der Waals surface area contributed by atoms with Crippen LogP contribution in [0.25, 0.3) is 43.8 Å². The number of para-hydroxylation sites is 3. The first-order valence-corrected chi connectivity index (χ1v) is 17.1. The second kappa shape index (κ2) is 10.2. The fourth-order valence-corrected chi connectivity index (χ4v) is 8.69. The van der Waals surface area contributed by atoms with Crippen molar-refractivity contribution in [3.8, 4) is 22.6 Å². The van der Waals surface area contributed by atoms with Crippen molar-refractivity contribution in [1.82, 2.24) is 0 Å². The van der Waals surface area contributed by atoms with Crippen molar-refractivity contribution in [1.29, 1.82) is 0 Å². The molecule has 1 aliphatic heterocycles. The molecule has 0 amide bonds. The number of benzene rings is 8. The van der Waals surface area contributed by atoms with Crippen LogP contribution in [0.2, 0.25) is 0 Å². The summed E-state index contributed by atoms with van der Waals surface area (Å²) in [7, 11) is 0. The maximum atomic E-state index is 6.77. The Balaban J connectivity index is 1.23. The summed E-state index contributed by atoms with van der Waals surface area (Å²) >= 11 is 0. The van der Waals surface area contributed by atoms with Crippen LogP contribution in [0.1, 0.15) is 22.3 Å². The summed E-state index contributed by atoms with van der Waals surface area (Å²) in [6.45, 7) is 0. The van der Waals surface area contributed by atoms with Crippen LogP contribution in [0.3, 0.4) is 0 Å². The van der Waals surface area contributed by atoms with Gasteiger partial charge in [-0.1, -0.05) is 115 Å². The van der Waals surface area contributed by atoms with Gasteiger partial charge in [-0.3, -0.25) is 0 Å². The van der Waals surface area contributed by atoms with Gasteiger partial charge in [-0.15, -0.1) is 0 Å². The second-order valence-electron chi connectivity index (χ2n) is 13.2. The summed E-state index contributed by atoms with van der Waals surface area (Å²) in [6, 6.07) is 63.0. The van der Waals surface area contributed by atoms with Gasteiger partial charge in [0.25, 0.3) is 0 Å². The van der Waals surface area contributed by atoms with Gasteiger partial charge in [0.2, 0.25) is 0 Å². The van der Waals surface area contributed by atoms with Gasteiger partial charge >= 0.3 is 0 Å². The largest absolute Gasteiger partial charge is 0.457 e.